The minimum absolute atomic E-state index is 0.213. The summed E-state index contributed by atoms with van der Waals surface area (Å²) < 4.78 is 25.4. The molecule has 0 amide bonds. The van der Waals surface area contributed by atoms with Gasteiger partial charge in [-0.1, -0.05) is 30.3 Å². The van der Waals surface area contributed by atoms with Crippen molar-refractivity contribution in [2.75, 3.05) is 53.6 Å². The summed E-state index contributed by atoms with van der Waals surface area (Å²) >= 11 is 0. The number of aryl methyl sites for hydroxylation is 1. The molecule has 2 atom stereocenters. The first-order chi connectivity index (χ1) is 18.0. The molecule has 8 heteroatoms. The molecule has 1 unspecified atom stereocenters. The second kappa shape index (κ2) is 12.9. The zero-order chi connectivity index (χ0) is 26.2. The van der Waals surface area contributed by atoms with Gasteiger partial charge in [-0.25, -0.2) is 4.39 Å². The van der Waals surface area contributed by atoms with Gasteiger partial charge in [-0.2, -0.15) is 0 Å². The summed E-state index contributed by atoms with van der Waals surface area (Å²) in [5, 5.41) is 10.9. The van der Waals surface area contributed by atoms with Crippen LogP contribution >= 0.6 is 0 Å². The van der Waals surface area contributed by atoms with Crippen LogP contribution in [0.3, 0.4) is 0 Å². The summed E-state index contributed by atoms with van der Waals surface area (Å²) in [5.41, 5.74) is 2.39. The van der Waals surface area contributed by atoms with Gasteiger partial charge in [-0.3, -0.25) is 19.6 Å². The van der Waals surface area contributed by atoms with E-state index in [-0.39, 0.29) is 12.6 Å². The van der Waals surface area contributed by atoms with Crippen LogP contribution in [0.5, 0.6) is 5.75 Å². The number of methoxy groups -OCH3 is 2. The topological polar surface area (TPSA) is 75.1 Å². The molecule has 0 spiro atoms. The monoisotopic (exact) mass is 509 g/mol. The molecule has 37 heavy (non-hydrogen) atoms. The summed E-state index contributed by atoms with van der Waals surface area (Å²) in [6.07, 6.45) is 3.71. The van der Waals surface area contributed by atoms with Gasteiger partial charge in [0.25, 0.3) is 0 Å². The van der Waals surface area contributed by atoms with E-state index in [0.29, 0.717) is 48.3 Å². The van der Waals surface area contributed by atoms with E-state index in [0.717, 1.165) is 25.9 Å². The third-order valence-electron chi connectivity index (χ3n) is 7.29. The Morgan fingerprint density at radius 2 is 1.97 bits per heavy atom. The fourth-order valence-corrected chi connectivity index (χ4v) is 5.22. The number of aliphatic hydroxyl groups excluding tert-OH is 1. The zero-order valence-electron chi connectivity index (χ0n) is 21.6. The van der Waals surface area contributed by atoms with Crippen molar-refractivity contribution in [1.29, 1.82) is 0 Å². The average Bonchev–Trinajstić information content (AvgIpc) is 2.94. The molecule has 0 saturated carbocycles. The van der Waals surface area contributed by atoms with E-state index >= 15 is 4.39 Å². The van der Waals surface area contributed by atoms with Crippen LogP contribution in [0.1, 0.15) is 29.9 Å². The van der Waals surface area contributed by atoms with Crippen LogP contribution in [-0.2, 0) is 16.0 Å². The van der Waals surface area contributed by atoms with Crippen LogP contribution in [0.4, 0.5) is 4.39 Å². The third kappa shape index (κ3) is 6.63. The van der Waals surface area contributed by atoms with Crippen LogP contribution < -0.4 is 4.74 Å². The Bertz CT molecular complexity index is 1180. The predicted molar refractivity (Wildman–Crippen MR) is 141 cm³/mol. The predicted octanol–water partition coefficient (Wildman–Crippen LogP) is 3.64. The molecular formula is C29H36FN3O4. The van der Waals surface area contributed by atoms with Gasteiger partial charge in [-0.05, 0) is 56.1 Å². The fourth-order valence-electron chi connectivity index (χ4n) is 5.22. The standard InChI is InChI=1S/C29H36FN3O4/c1-36-23-10-11-26-24(17-23)28(25(30)18-31-26)22(20-34)12-14-33-16-15-32(19-27(33)29(35)37-2)13-6-9-21-7-4-3-5-8-21/h3-5,7-8,10-11,17-18,22,27,34H,6,9,12-16,19-20H2,1-2H3/t22?,27-/m1/s1. The number of carbonyl (C=O) groups is 1. The first-order valence-corrected chi connectivity index (χ1v) is 12.8. The molecule has 1 aromatic heterocycles. The van der Waals surface area contributed by atoms with Gasteiger partial charge in [0.15, 0.2) is 0 Å². The molecule has 1 N–H and O–H groups in total. The maximum Gasteiger partial charge on any atom is 0.324 e. The van der Waals surface area contributed by atoms with Crippen molar-refractivity contribution in [3.63, 3.8) is 0 Å². The van der Waals surface area contributed by atoms with Gasteiger partial charge in [0, 0.05) is 36.5 Å². The van der Waals surface area contributed by atoms with E-state index in [2.05, 4.69) is 39.0 Å². The average molecular weight is 510 g/mol. The Kier molecular flexibility index (Phi) is 9.44. The summed E-state index contributed by atoms with van der Waals surface area (Å²) in [6.45, 7) is 3.37. The van der Waals surface area contributed by atoms with E-state index in [1.165, 1.54) is 18.9 Å². The van der Waals surface area contributed by atoms with E-state index < -0.39 is 17.8 Å². The highest BCUT2D eigenvalue weighted by Crippen LogP contribution is 2.32. The molecule has 0 bridgehead atoms. The number of carbonyl (C=O) groups excluding carboxylic acids is 1. The molecule has 0 aliphatic carbocycles. The van der Waals surface area contributed by atoms with Gasteiger partial charge in [-0.15, -0.1) is 0 Å². The number of esters is 1. The highest BCUT2D eigenvalue weighted by atomic mass is 19.1. The lowest BCUT2D eigenvalue weighted by Gasteiger charge is -2.40. The van der Waals surface area contributed by atoms with Crippen molar-refractivity contribution in [2.45, 2.75) is 31.2 Å². The number of aliphatic hydroxyl groups is 1. The van der Waals surface area contributed by atoms with E-state index in [1.54, 1.807) is 25.3 Å². The summed E-state index contributed by atoms with van der Waals surface area (Å²) in [4.78, 5) is 21.3. The van der Waals surface area contributed by atoms with Crippen molar-refractivity contribution in [2.24, 2.45) is 0 Å². The number of nitrogens with zero attached hydrogens (tertiary/aromatic N) is 3. The first kappa shape index (κ1) is 27.0. The Morgan fingerprint density at radius 3 is 2.70 bits per heavy atom. The molecular weight excluding hydrogens is 473 g/mol. The quantitative estimate of drug-likeness (QED) is 0.396. The van der Waals surface area contributed by atoms with E-state index in [4.69, 9.17) is 9.47 Å². The Labute approximate surface area is 217 Å². The van der Waals surface area contributed by atoms with E-state index in [1.807, 2.05) is 6.07 Å². The molecule has 1 aliphatic rings. The van der Waals surface area contributed by atoms with Crippen molar-refractivity contribution < 1.29 is 23.8 Å². The lowest BCUT2D eigenvalue weighted by atomic mass is 9.92. The van der Waals surface area contributed by atoms with Crippen molar-refractivity contribution >= 4 is 16.9 Å². The molecule has 3 aromatic rings. The number of halogens is 1. The van der Waals surface area contributed by atoms with Crippen LogP contribution in [0.25, 0.3) is 10.9 Å². The number of benzene rings is 2. The van der Waals surface area contributed by atoms with Crippen LogP contribution in [-0.4, -0.2) is 85.5 Å². The number of pyridine rings is 1. The van der Waals surface area contributed by atoms with Gasteiger partial charge in [0.2, 0.25) is 0 Å². The second-order valence-corrected chi connectivity index (χ2v) is 9.54. The maximum atomic E-state index is 15.0. The molecule has 2 aromatic carbocycles. The molecule has 0 radical (unpaired) electrons. The Hall–Kier alpha value is -3.07. The second-order valence-electron chi connectivity index (χ2n) is 9.54. The largest absolute Gasteiger partial charge is 0.497 e. The number of ether oxygens (including phenoxy) is 2. The minimum atomic E-state index is -0.451. The number of rotatable bonds is 11. The molecule has 2 heterocycles. The lowest BCUT2D eigenvalue weighted by Crippen LogP contribution is -2.57. The molecule has 4 rings (SSSR count). The molecule has 1 fully saturated rings. The minimum Gasteiger partial charge on any atom is -0.497 e. The van der Waals surface area contributed by atoms with Crippen LogP contribution in [0.2, 0.25) is 0 Å². The normalized spacial score (nSPS) is 17.6. The summed E-state index contributed by atoms with van der Waals surface area (Å²) in [7, 11) is 2.97. The number of piperazine rings is 1. The van der Waals surface area contributed by atoms with Gasteiger partial charge >= 0.3 is 5.97 Å². The smallest absolute Gasteiger partial charge is 0.324 e. The number of hydrogen-bond donors (Lipinski definition) is 1. The maximum absolute atomic E-state index is 15.0. The molecule has 1 aliphatic heterocycles. The fraction of sp³-hybridized carbons (Fsp3) is 0.448. The van der Waals surface area contributed by atoms with Crippen LogP contribution in [0.15, 0.2) is 54.7 Å². The van der Waals surface area contributed by atoms with Gasteiger partial charge in [0.05, 0.1) is 32.5 Å². The zero-order valence-corrected chi connectivity index (χ0v) is 21.6. The Morgan fingerprint density at radius 1 is 1.16 bits per heavy atom. The lowest BCUT2D eigenvalue weighted by molar-refractivity contribution is -0.149. The molecule has 7 nitrogen and oxygen atoms in total. The number of hydrogen-bond acceptors (Lipinski definition) is 7. The SMILES string of the molecule is COC(=O)[C@H]1CN(CCCc2ccccc2)CCN1CCC(CO)c1c(F)cnc2ccc(OC)cc12. The molecule has 1 saturated heterocycles. The van der Waals surface area contributed by atoms with Crippen molar-refractivity contribution in [1.82, 2.24) is 14.8 Å². The summed E-state index contributed by atoms with van der Waals surface area (Å²) in [5.74, 6) is -0.557. The van der Waals surface area contributed by atoms with Gasteiger partial charge in [0.1, 0.15) is 17.6 Å². The number of fused-ring (bicyclic) bond motifs is 1. The van der Waals surface area contributed by atoms with Crippen LogP contribution in [0, 0.1) is 5.82 Å². The first-order valence-electron chi connectivity index (χ1n) is 12.8. The molecule has 198 valence electrons. The van der Waals surface area contributed by atoms with Crippen molar-refractivity contribution in [3.05, 3.63) is 71.7 Å². The third-order valence-corrected chi connectivity index (χ3v) is 7.29. The number of aromatic nitrogens is 1. The Balaban J connectivity index is 1.42. The van der Waals surface area contributed by atoms with E-state index in [9.17, 15) is 9.90 Å². The highest BCUT2D eigenvalue weighted by molar-refractivity contribution is 5.84. The van der Waals surface area contributed by atoms with Crippen molar-refractivity contribution in [3.8, 4) is 5.75 Å². The van der Waals surface area contributed by atoms with Gasteiger partial charge < -0.3 is 14.6 Å². The summed E-state index contributed by atoms with van der Waals surface area (Å²) in [6, 6.07) is 15.3. The highest BCUT2D eigenvalue weighted by Gasteiger charge is 2.33.